The van der Waals surface area contributed by atoms with Crippen LogP contribution in [-0.2, 0) is 0 Å². The average Bonchev–Trinajstić information content (AvgIpc) is 3.16. The Balaban J connectivity index is 1.67. The van der Waals surface area contributed by atoms with E-state index in [9.17, 15) is 13.6 Å². The highest BCUT2D eigenvalue weighted by Gasteiger charge is 2.36. The summed E-state index contributed by atoms with van der Waals surface area (Å²) in [4.78, 5) is 14.7. The smallest absolute Gasteiger partial charge is 0.262 e. The van der Waals surface area contributed by atoms with Crippen molar-refractivity contribution in [3.8, 4) is 11.5 Å². The molecule has 0 spiro atoms. The predicted octanol–water partition coefficient (Wildman–Crippen LogP) is 4.46. The quantitative estimate of drug-likeness (QED) is 0.713. The van der Waals surface area contributed by atoms with Crippen LogP contribution >= 0.6 is 0 Å². The molecule has 0 saturated carbocycles. The molecule has 0 bridgehead atoms. The fourth-order valence-electron chi connectivity index (χ4n) is 3.50. The summed E-state index contributed by atoms with van der Waals surface area (Å²) in [5.74, 6) is -0.649. The molecule has 1 N–H and O–H groups in total. The minimum absolute atomic E-state index is 0.101. The molecule has 0 aliphatic carbocycles. The van der Waals surface area contributed by atoms with Gasteiger partial charge in [-0.15, -0.1) is 0 Å². The molecule has 2 heterocycles. The van der Waals surface area contributed by atoms with Crippen molar-refractivity contribution in [3.63, 3.8) is 0 Å². The molecule has 5 rings (SSSR count). The van der Waals surface area contributed by atoms with Gasteiger partial charge in [-0.25, -0.2) is 8.78 Å². The van der Waals surface area contributed by atoms with Gasteiger partial charge in [-0.1, -0.05) is 12.1 Å². The van der Waals surface area contributed by atoms with Crippen LogP contribution in [0.4, 0.5) is 20.2 Å². The first-order valence-electron chi connectivity index (χ1n) is 8.65. The van der Waals surface area contributed by atoms with Gasteiger partial charge in [0.2, 0.25) is 6.79 Å². The number of halogens is 2. The van der Waals surface area contributed by atoms with E-state index in [4.69, 9.17) is 9.47 Å². The summed E-state index contributed by atoms with van der Waals surface area (Å²) in [5, 5.41) is 3.19. The van der Waals surface area contributed by atoms with Crippen LogP contribution < -0.4 is 19.7 Å². The highest BCUT2D eigenvalue weighted by molar-refractivity contribution is 6.12. The molecule has 0 radical (unpaired) electrons. The van der Waals surface area contributed by atoms with Gasteiger partial charge in [0, 0.05) is 23.4 Å². The molecule has 1 amide bonds. The number of amides is 1. The normalized spacial score (nSPS) is 17.3. The summed E-state index contributed by atoms with van der Waals surface area (Å²) in [6.45, 7) is 0.101. The average molecular weight is 380 g/mol. The van der Waals surface area contributed by atoms with Crippen LogP contribution in [0, 0.1) is 11.6 Å². The van der Waals surface area contributed by atoms with Crippen LogP contribution in [-0.4, -0.2) is 12.7 Å². The zero-order valence-corrected chi connectivity index (χ0v) is 14.5. The minimum atomic E-state index is -0.858. The molecule has 0 aromatic heterocycles. The third-order valence-electron chi connectivity index (χ3n) is 4.82. The Morgan fingerprint density at radius 3 is 2.64 bits per heavy atom. The third kappa shape index (κ3) is 2.55. The Hall–Kier alpha value is -3.61. The SMILES string of the molecule is O=C1c2ccccc2N[C@@H](c2ccc(F)cc2F)N1c1ccc2c(c1)OCO2. The number of benzene rings is 3. The van der Waals surface area contributed by atoms with Crippen molar-refractivity contribution in [3.05, 3.63) is 83.4 Å². The molecule has 7 heteroatoms. The number of anilines is 2. The fourth-order valence-corrected chi connectivity index (χ4v) is 3.50. The van der Waals surface area contributed by atoms with Crippen molar-refractivity contribution < 1.29 is 23.0 Å². The van der Waals surface area contributed by atoms with E-state index in [0.29, 0.717) is 28.4 Å². The largest absolute Gasteiger partial charge is 0.454 e. The van der Waals surface area contributed by atoms with Crippen LogP contribution in [0.25, 0.3) is 0 Å². The number of carbonyl (C=O) groups is 1. The lowest BCUT2D eigenvalue weighted by molar-refractivity contribution is 0.0974. The Bertz CT molecular complexity index is 1100. The standard InChI is InChI=1S/C21H14F2N2O3/c22-12-5-7-14(16(23)9-12)20-24-17-4-2-1-3-15(17)21(26)25(20)13-6-8-18-19(10-13)28-11-27-18/h1-10,20,24H,11H2/t20-/m1/s1. The highest BCUT2D eigenvalue weighted by Crippen LogP contribution is 2.41. The second-order valence-corrected chi connectivity index (χ2v) is 6.47. The lowest BCUT2D eigenvalue weighted by atomic mass is 10.0. The molecule has 3 aromatic rings. The fraction of sp³-hybridized carbons (Fsp3) is 0.0952. The molecule has 1 atom stereocenters. The summed E-state index contributed by atoms with van der Waals surface area (Å²) in [6.07, 6.45) is -0.858. The zero-order valence-electron chi connectivity index (χ0n) is 14.5. The first-order valence-corrected chi connectivity index (χ1v) is 8.65. The Morgan fingerprint density at radius 2 is 1.79 bits per heavy atom. The first-order chi connectivity index (χ1) is 13.6. The van der Waals surface area contributed by atoms with E-state index in [1.807, 2.05) is 0 Å². The van der Waals surface area contributed by atoms with Gasteiger partial charge in [0.05, 0.1) is 11.3 Å². The molecule has 2 aliphatic heterocycles. The van der Waals surface area contributed by atoms with Crippen molar-refractivity contribution in [2.24, 2.45) is 0 Å². The van der Waals surface area contributed by atoms with Gasteiger partial charge in [0.1, 0.15) is 17.8 Å². The van der Waals surface area contributed by atoms with Gasteiger partial charge in [0.15, 0.2) is 11.5 Å². The van der Waals surface area contributed by atoms with Crippen molar-refractivity contribution >= 4 is 17.3 Å². The van der Waals surface area contributed by atoms with Crippen molar-refractivity contribution in [1.29, 1.82) is 0 Å². The van der Waals surface area contributed by atoms with Gasteiger partial charge >= 0.3 is 0 Å². The summed E-state index contributed by atoms with van der Waals surface area (Å²) in [6, 6.07) is 15.4. The molecular formula is C21H14F2N2O3. The van der Waals surface area contributed by atoms with Gasteiger partial charge in [-0.3, -0.25) is 9.69 Å². The van der Waals surface area contributed by atoms with Gasteiger partial charge in [-0.2, -0.15) is 0 Å². The van der Waals surface area contributed by atoms with Crippen LogP contribution in [0.3, 0.4) is 0 Å². The molecule has 3 aromatic carbocycles. The number of nitrogens with zero attached hydrogens (tertiary/aromatic N) is 1. The van der Waals surface area contributed by atoms with E-state index in [-0.39, 0.29) is 18.3 Å². The van der Waals surface area contributed by atoms with Crippen molar-refractivity contribution in [2.45, 2.75) is 6.17 Å². The molecule has 140 valence electrons. The van der Waals surface area contributed by atoms with Gasteiger partial charge in [0.25, 0.3) is 5.91 Å². The van der Waals surface area contributed by atoms with Crippen molar-refractivity contribution in [1.82, 2.24) is 0 Å². The summed E-state index contributed by atoms with van der Waals surface area (Å²) in [5.41, 5.74) is 1.70. The second-order valence-electron chi connectivity index (χ2n) is 6.47. The van der Waals surface area contributed by atoms with Crippen LogP contribution in [0.15, 0.2) is 60.7 Å². The molecule has 0 fully saturated rings. The second kappa shape index (κ2) is 6.23. The maximum absolute atomic E-state index is 14.6. The number of ether oxygens (including phenoxy) is 2. The summed E-state index contributed by atoms with van der Waals surface area (Å²) in [7, 11) is 0. The van der Waals surface area contributed by atoms with Gasteiger partial charge in [-0.05, 0) is 36.4 Å². The third-order valence-corrected chi connectivity index (χ3v) is 4.82. The molecule has 0 unspecified atom stereocenters. The van der Waals surface area contributed by atoms with E-state index in [1.165, 1.54) is 17.0 Å². The number of hydrogen-bond donors (Lipinski definition) is 1. The zero-order chi connectivity index (χ0) is 19.3. The first kappa shape index (κ1) is 16.6. The number of nitrogens with one attached hydrogen (secondary N) is 1. The molecule has 5 nitrogen and oxygen atoms in total. The number of fused-ring (bicyclic) bond motifs is 2. The monoisotopic (exact) mass is 380 g/mol. The lowest BCUT2D eigenvalue weighted by Crippen LogP contribution is -2.43. The van der Waals surface area contributed by atoms with E-state index in [2.05, 4.69) is 5.32 Å². The molecule has 28 heavy (non-hydrogen) atoms. The number of carbonyl (C=O) groups excluding carboxylic acids is 1. The summed E-state index contributed by atoms with van der Waals surface area (Å²) >= 11 is 0. The predicted molar refractivity (Wildman–Crippen MR) is 98.5 cm³/mol. The van der Waals surface area contributed by atoms with Crippen LogP contribution in [0.5, 0.6) is 11.5 Å². The molecular weight excluding hydrogens is 366 g/mol. The topological polar surface area (TPSA) is 50.8 Å². The number of rotatable bonds is 2. The number of para-hydroxylation sites is 1. The maximum Gasteiger partial charge on any atom is 0.262 e. The Morgan fingerprint density at radius 1 is 0.964 bits per heavy atom. The van der Waals surface area contributed by atoms with E-state index in [1.54, 1.807) is 42.5 Å². The Labute approximate surface area is 159 Å². The molecule has 0 saturated heterocycles. The van der Waals surface area contributed by atoms with E-state index >= 15 is 0 Å². The molecule has 2 aliphatic rings. The van der Waals surface area contributed by atoms with E-state index < -0.39 is 17.8 Å². The lowest BCUT2D eigenvalue weighted by Gasteiger charge is -2.38. The van der Waals surface area contributed by atoms with Crippen LogP contribution in [0.2, 0.25) is 0 Å². The summed E-state index contributed by atoms with van der Waals surface area (Å²) < 4.78 is 38.7. The van der Waals surface area contributed by atoms with E-state index in [0.717, 1.165) is 6.07 Å². The maximum atomic E-state index is 14.6. The Kier molecular flexibility index (Phi) is 3.68. The highest BCUT2D eigenvalue weighted by atomic mass is 19.1. The number of hydrogen-bond acceptors (Lipinski definition) is 4. The van der Waals surface area contributed by atoms with Crippen LogP contribution in [0.1, 0.15) is 22.1 Å². The van der Waals surface area contributed by atoms with Gasteiger partial charge < -0.3 is 14.8 Å². The minimum Gasteiger partial charge on any atom is -0.454 e. The van der Waals surface area contributed by atoms with Crippen molar-refractivity contribution in [2.75, 3.05) is 17.0 Å².